The van der Waals surface area contributed by atoms with Crippen LogP contribution in [0.3, 0.4) is 0 Å². The molecule has 1 fully saturated rings. The van der Waals surface area contributed by atoms with Gasteiger partial charge in [0.1, 0.15) is 0 Å². The zero-order chi connectivity index (χ0) is 24.0. The molecule has 0 aliphatic heterocycles. The van der Waals surface area contributed by atoms with Gasteiger partial charge in [0, 0.05) is 26.9 Å². The lowest BCUT2D eigenvalue weighted by molar-refractivity contribution is -0.137. The number of anilines is 1. The molecule has 0 spiro atoms. The number of carbonyl (C=O) groups is 2. The second kappa shape index (κ2) is 11.3. The van der Waals surface area contributed by atoms with Gasteiger partial charge in [-0.2, -0.15) is 13.2 Å². The molecule has 0 bridgehead atoms. The number of hydrogen-bond donors (Lipinski definition) is 3. The van der Waals surface area contributed by atoms with Gasteiger partial charge < -0.3 is 16.4 Å². The van der Waals surface area contributed by atoms with Crippen LogP contribution in [-0.4, -0.2) is 30.2 Å². The highest BCUT2D eigenvalue weighted by Gasteiger charge is 2.32. The van der Waals surface area contributed by atoms with Gasteiger partial charge in [-0.1, -0.05) is 28.8 Å². The molecule has 178 valence electrons. The number of thioether (sulfide) groups is 1. The van der Waals surface area contributed by atoms with Crippen molar-refractivity contribution < 1.29 is 22.8 Å². The van der Waals surface area contributed by atoms with E-state index in [9.17, 15) is 22.8 Å². The molecule has 2 aromatic rings. The van der Waals surface area contributed by atoms with Crippen LogP contribution in [0, 0.1) is 5.92 Å². The van der Waals surface area contributed by atoms with Crippen molar-refractivity contribution in [2.75, 3.05) is 18.0 Å². The number of amides is 2. The Balaban J connectivity index is 1.53. The molecule has 2 aromatic carbocycles. The molecule has 33 heavy (non-hydrogen) atoms. The fraction of sp³-hybridized carbons (Fsp3) is 0.391. The summed E-state index contributed by atoms with van der Waals surface area (Å²) in [7, 11) is 0. The summed E-state index contributed by atoms with van der Waals surface area (Å²) in [5.41, 5.74) is 4.30. The van der Waals surface area contributed by atoms with Crippen LogP contribution in [0.2, 0.25) is 0 Å². The average molecular weight is 544 g/mol. The lowest BCUT2D eigenvalue weighted by Gasteiger charge is -2.32. The van der Waals surface area contributed by atoms with Gasteiger partial charge in [0.05, 0.1) is 17.7 Å². The maximum Gasteiger partial charge on any atom is 0.416 e. The first kappa shape index (κ1) is 25.4. The van der Waals surface area contributed by atoms with Gasteiger partial charge >= 0.3 is 6.18 Å². The third kappa shape index (κ3) is 7.40. The molecule has 0 saturated heterocycles. The second-order valence-electron chi connectivity index (χ2n) is 7.97. The summed E-state index contributed by atoms with van der Waals surface area (Å²) in [6.45, 7) is -0.336. The minimum absolute atomic E-state index is 0.00951. The van der Waals surface area contributed by atoms with E-state index in [-0.39, 0.29) is 29.7 Å². The summed E-state index contributed by atoms with van der Waals surface area (Å²) in [4.78, 5) is 26.0. The van der Waals surface area contributed by atoms with E-state index in [1.807, 2.05) is 24.3 Å². The quantitative estimate of drug-likeness (QED) is 0.329. The predicted octanol–water partition coefficient (Wildman–Crippen LogP) is 5.25. The lowest BCUT2D eigenvalue weighted by Crippen LogP contribution is -2.47. The van der Waals surface area contributed by atoms with E-state index in [0.717, 1.165) is 52.9 Å². The third-order valence-corrected chi connectivity index (χ3v) is 7.30. The topological polar surface area (TPSA) is 84.2 Å². The Morgan fingerprint density at radius 3 is 2.48 bits per heavy atom. The SMILES string of the molecule is Nc1ccc(C(F)(F)F)cc1C(=O)NCC(=O)NC1CCCCC1CSc1ccc(Br)cc1. The average Bonchev–Trinajstić information content (AvgIpc) is 2.77. The summed E-state index contributed by atoms with van der Waals surface area (Å²) in [6.07, 6.45) is -0.626. The molecule has 5 nitrogen and oxygen atoms in total. The molecule has 0 radical (unpaired) electrons. The number of hydrogen-bond acceptors (Lipinski definition) is 4. The van der Waals surface area contributed by atoms with E-state index < -0.39 is 17.6 Å². The maximum atomic E-state index is 12.9. The maximum absolute atomic E-state index is 12.9. The van der Waals surface area contributed by atoms with Gasteiger partial charge in [-0.15, -0.1) is 11.8 Å². The summed E-state index contributed by atoms with van der Waals surface area (Å²) in [5, 5.41) is 5.36. The number of benzene rings is 2. The van der Waals surface area contributed by atoms with Gasteiger partial charge in [-0.3, -0.25) is 9.59 Å². The summed E-state index contributed by atoms with van der Waals surface area (Å²) < 4.78 is 39.8. The van der Waals surface area contributed by atoms with Crippen LogP contribution in [0.1, 0.15) is 41.6 Å². The zero-order valence-electron chi connectivity index (χ0n) is 17.8. The molecular formula is C23H25BrF3N3O2S. The molecular weight excluding hydrogens is 519 g/mol. The van der Waals surface area contributed by atoms with Crippen LogP contribution in [0.25, 0.3) is 0 Å². The summed E-state index contributed by atoms with van der Waals surface area (Å²) in [5.74, 6) is -0.0370. The van der Waals surface area contributed by atoms with Crippen LogP contribution in [-0.2, 0) is 11.0 Å². The molecule has 2 amide bonds. The number of nitrogens with two attached hydrogens (primary N) is 1. The smallest absolute Gasteiger partial charge is 0.398 e. The highest BCUT2D eigenvalue weighted by molar-refractivity contribution is 9.10. The van der Waals surface area contributed by atoms with E-state index >= 15 is 0 Å². The van der Waals surface area contributed by atoms with E-state index in [0.29, 0.717) is 12.0 Å². The first-order valence-corrected chi connectivity index (χ1v) is 12.3. The second-order valence-corrected chi connectivity index (χ2v) is 9.98. The first-order chi connectivity index (χ1) is 15.6. The van der Waals surface area contributed by atoms with Crippen molar-refractivity contribution in [1.29, 1.82) is 0 Å². The van der Waals surface area contributed by atoms with Crippen molar-refractivity contribution in [3.63, 3.8) is 0 Å². The summed E-state index contributed by atoms with van der Waals surface area (Å²) in [6, 6.07) is 10.6. The zero-order valence-corrected chi connectivity index (χ0v) is 20.2. The minimum Gasteiger partial charge on any atom is -0.398 e. The van der Waals surface area contributed by atoms with Crippen LogP contribution in [0.5, 0.6) is 0 Å². The van der Waals surface area contributed by atoms with Crippen molar-refractivity contribution in [3.8, 4) is 0 Å². The predicted molar refractivity (Wildman–Crippen MR) is 127 cm³/mol. The Morgan fingerprint density at radius 1 is 1.09 bits per heavy atom. The minimum atomic E-state index is -4.59. The lowest BCUT2D eigenvalue weighted by atomic mass is 9.86. The molecule has 3 rings (SSSR count). The fourth-order valence-corrected chi connectivity index (χ4v) is 5.17. The monoisotopic (exact) mass is 543 g/mol. The summed E-state index contributed by atoms with van der Waals surface area (Å²) >= 11 is 5.16. The Kier molecular flexibility index (Phi) is 8.69. The van der Waals surface area contributed by atoms with E-state index in [1.165, 1.54) is 0 Å². The number of nitrogens with one attached hydrogen (secondary N) is 2. The van der Waals surface area contributed by atoms with Crippen LogP contribution >= 0.6 is 27.7 Å². The molecule has 1 saturated carbocycles. The van der Waals surface area contributed by atoms with E-state index in [1.54, 1.807) is 11.8 Å². The third-order valence-electron chi connectivity index (χ3n) is 5.57. The number of carbonyl (C=O) groups excluding carboxylic acids is 2. The van der Waals surface area contributed by atoms with Crippen molar-refractivity contribution in [2.24, 2.45) is 5.92 Å². The molecule has 1 aliphatic rings. The molecule has 10 heteroatoms. The standard InChI is InChI=1S/C23H25BrF3N3O2S/c24-16-6-8-17(9-7-16)33-13-14-3-1-2-4-20(14)30-21(31)12-29-22(32)18-11-15(23(25,26)27)5-10-19(18)28/h5-11,14,20H,1-4,12-13,28H2,(H,29,32)(H,30,31). The van der Waals surface area contributed by atoms with Gasteiger partial charge in [0.25, 0.3) is 5.91 Å². The van der Waals surface area contributed by atoms with Crippen LogP contribution < -0.4 is 16.4 Å². The molecule has 2 atom stereocenters. The first-order valence-electron chi connectivity index (χ1n) is 10.6. The number of rotatable bonds is 7. The van der Waals surface area contributed by atoms with Crippen molar-refractivity contribution in [1.82, 2.24) is 10.6 Å². The van der Waals surface area contributed by atoms with E-state index in [2.05, 4.69) is 26.6 Å². The number of halogens is 4. The largest absolute Gasteiger partial charge is 0.416 e. The van der Waals surface area contributed by atoms with Crippen molar-refractivity contribution in [2.45, 2.75) is 42.8 Å². The molecule has 4 N–H and O–H groups in total. The molecule has 0 heterocycles. The van der Waals surface area contributed by atoms with Crippen molar-refractivity contribution >= 4 is 45.2 Å². The number of nitrogen functional groups attached to an aromatic ring is 1. The highest BCUT2D eigenvalue weighted by Crippen LogP contribution is 2.32. The van der Waals surface area contributed by atoms with Crippen molar-refractivity contribution in [3.05, 3.63) is 58.1 Å². The number of alkyl halides is 3. The van der Waals surface area contributed by atoms with Gasteiger partial charge in [-0.05, 0) is 61.2 Å². The fourth-order valence-electron chi connectivity index (χ4n) is 3.77. The highest BCUT2D eigenvalue weighted by atomic mass is 79.9. The molecule has 0 aromatic heterocycles. The Labute approximate surface area is 203 Å². The normalized spacial score (nSPS) is 18.5. The molecule has 1 aliphatic carbocycles. The van der Waals surface area contributed by atoms with Gasteiger partial charge in [0.15, 0.2) is 0 Å². The van der Waals surface area contributed by atoms with Gasteiger partial charge in [-0.25, -0.2) is 0 Å². The Hall–Kier alpha value is -2.20. The Morgan fingerprint density at radius 2 is 1.79 bits per heavy atom. The molecule has 2 unspecified atom stereocenters. The van der Waals surface area contributed by atoms with Gasteiger partial charge in [0.2, 0.25) is 5.91 Å². The van der Waals surface area contributed by atoms with E-state index in [4.69, 9.17) is 5.73 Å². The van der Waals surface area contributed by atoms with Crippen LogP contribution in [0.15, 0.2) is 51.8 Å². The van der Waals surface area contributed by atoms with Crippen LogP contribution in [0.4, 0.5) is 18.9 Å². The Bertz CT molecular complexity index is 986.